The van der Waals surface area contributed by atoms with Gasteiger partial charge in [0, 0.05) is 0 Å². The molecule has 19 heavy (non-hydrogen) atoms. The van der Waals surface area contributed by atoms with Gasteiger partial charge in [-0.25, -0.2) is 13.6 Å². The first kappa shape index (κ1) is 16.0. The summed E-state index contributed by atoms with van der Waals surface area (Å²) in [5.41, 5.74) is 0.803. The first-order valence-corrected chi connectivity index (χ1v) is 7.70. The molecule has 108 valence electrons. The molecule has 0 atom stereocenters. The van der Waals surface area contributed by atoms with E-state index in [0.29, 0.717) is 5.56 Å². The van der Waals surface area contributed by atoms with Gasteiger partial charge in [0.25, 0.3) is 0 Å². The molecule has 0 fully saturated rings. The van der Waals surface area contributed by atoms with Gasteiger partial charge in [-0.3, -0.25) is 0 Å². The third-order valence-corrected chi connectivity index (χ3v) is 4.03. The zero-order chi connectivity index (χ0) is 15.2. The van der Waals surface area contributed by atoms with Gasteiger partial charge in [0.05, 0.1) is 0 Å². The molecule has 3 N–H and O–H groups in total. The van der Waals surface area contributed by atoms with Crippen LogP contribution in [0.2, 0.25) is 0 Å². The number of hydrogen-bond acceptors (Lipinski definition) is 3. The average molecular weight is 285 g/mol. The zero-order valence-electron chi connectivity index (χ0n) is 12.4. The Kier molecular flexibility index (Phi) is 3.78. The van der Waals surface area contributed by atoms with E-state index < -0.39 is 15.4 Å². The first-order chi connectivity index (χ1) is 8.24. The maximum atomic E-state index is 11.7. The maximum Gasteiger partial charge on any atom is 0.242 e. The standard InChI is InChI=1S/C14H23NO3S/c1-13(2,3)9-7-10(14(4,5)6)12(11(16)8-9)19(15,17)18/h7-8,16H,1-6H3,(H2,15,17,18). The molecular weight excluding hydrogens is 262 g/mol. The molecule has 0 heterocycles. The molecule has 0 spiro atoms. The predicted molar refractivity (Wildman–Crippen MR) is 76.9 cm³/mol. The highest BCUT2D eigenvalue weighted by Crippen LogP contribution is 2.38. The van der Waals surface area contributed by atoms with Crippen molar-refractivity contribution in [2.75, 3.05) is 0 Å². The van der Waals surface area contributed by atoms with Crippen LogP contribution in [0.25, 0.3) is 0 Å². The third-order valence-electron chi connectivity index (χ3n) is 3.03. The number of phenols is 1. The van der Waals surface area contributed by atoms with Crippen LogP contribution < -0.4 is 5.14 Å². The van der Waals surface area contributed by atoms with E-state index in [1.54, 1.807) is 0 Å². The Labute approximate surface area is 115 Å². The molecule has 0 unspecified atom stereocenters. The van der Waals surface area contributed by atoms with Crippen molar-refractivity contribution in [3.63, 3.8) is 0 Å². The van der Waals surface area contributed by atoms with Crippen molar-refractivity contribution in [3.05, 3.63) is 23.3 Å². The van der Waals surface area contributed by atoms with Crippen LogP contribution in [0.1, 0.15) is 52.7 Å². The summed E-state index contributed by atoms with van der Waals surface area (Å²) >= 11 is 0. The van der Waals surface area contributed by atoms with Crippen molar-refractivity contribution in [2.45, 2.75) is 57.3 Å². The highest BCUT2D eigenvalue weighted by molar-refractivity contribution is 7.89. The van der Waals surface area contributed by atoms with E-state index >= 15 is 0 Å². The Balaban J connectivity index is 3.79. The quantitative estimate of drug-likeness (QED) is 0.832. The first-order valence-electron chi connectivity index (χ1n) is 6.15. The van der Waals surface area contributed by atoms with Crippen LogP contribution >= 0.6 is 0 Å². The van der Waals surface area contributed by atoms with Crippen LogP contribution in [-0.2, 0) is 20.9 Å². The van der Waals surface area contributed by atoms with Crippen molar-refractivity contribution in [1.29, 1.82) is 0 Å². The van der Waals surface area contributed by atoms with Gasteiger partial charge >= 0.3 is 0 Å². The lowest BCUT2D eigenvalue weighted by molar-refractivity contribution is 0.444. The van der Waals surface area contributed by atoms with E-state index in [0.717, 1.165) is 5.56 Å². The Bertz CT molecular complexity index is 590. The number of sulfonamides is 1. The van der Waals surface area contributed by atoms with Gasteiger partial charge in [0.2, 0.25) is 10.0 Å². The fourth-order valence-corrected chi connectivity index (χ4v) is 2.92. The molecule has 0 aromatic heterocycles. The van der Waals surface area contributed by atoms with Gasteiger partial charge in [-0.05, 0) is 28.0 Å². The van der Waals surface area contributed by atoms with Gasteiger partial charge in [-0.1, -0.05) is 47.6 Å². The van der Waals surface area contributed by atoms with Crippen molar-refractivity contribution >= 4 is 10.0 Å². The van der Waals surface area contributed by atoms with Gasteiger partial charge < -0.3 is 5.11 Å². The van der Waals surface area contributed by atoms with Crippen molar-refractivity contribution in [2.24, 2.45) is 5.14 Å². The van der Waals surface area contributed by atoms with E-state index in [2.05, 4.69) is 0 Å². The predicted octanol–water partition coefficient (Wildman–Crippen LogP) is 2.63. The molecule has 4 nitrogen and oxygen atoms in total. The molecule has 0 aliphatic heterocycles. The number of benzene rings is 1. The Morgan fingerprint density at radius 2 is 1.47 bits per heavy atom. The van der Waals surface area contributed by atoms with E-state index in [1.165, 1.54) is 6.07 Å². The van der Waals surface area contributed by atoms with Gasteiger partial charge in [0.1, 0.15) is 10.6 Å². The molecule has 1 aromatic rings. The van der Waals surface area contributed by atoms with Crippen LogP contribution in [0.5, 0.6) is 5.75 Å². The SMILES string of the molecule is CC(C)(C)c1cc(O)c(S(N)(=O)=O)c(C(C)(C)C)c1. The van der Waals surface area contributed by atoms with Crippen molar-refractivity contribution in [1.82, 2.24) is 0 Å². The summed E-state index contributed by atoms with van der Waals surface area (Å²) in [6.07, 6.45) is 0. The lowest BCUT2D eigenvalue weighted by Crippen LogP contribution is -2.23. The largest absolute Gasteiger partial charge is 0.507 e. The van der Waals surface area contributed by atoms with Crippen molar-refractivity contribution < 1.29 is 13.5 Å². The molecular formula is C14H23NO3S. The van der Waals surface area contributed by atoms with Gasteiger partial charge in [0.15, 0.2) is 0 Å². The summed E-state index contributed by atoms with van der Waals surface area (Å²) in [5.74, 6) is -0.278. The number of phenolic OH excluding ortho intramolecular Hbond substituents is 1. The minimum atomic E-state index is -3.96. The van der Waals surface area contributed by atoms with Gasteiger partial charge in [-0.2, -0.15) is 0 Å². The molecule has 0 aliphatic carbocycles. The number of aromatic hydroxyl groups is 1. The summed E-state index contributed by atoms with van der Waals surface area (Å²) in [6, 6.07) is 3.30. The molecule has 0 saturated heterocycles. The second-order valence-corrected chi connectivity index (χ2v) is 8.42. The monoisotopic (exact) mass is 285 g/mol. The van der Waals surface area contributed by atoms with Crippen LogP contribution in [0.3, 0.4) is 0 Å². The number of hydrogen-bond donors (Lipinski definition) is 2. The van der Waals surface area contributed by atoms with Crippen LogP contribution in [-0.4, -0.2) is 13.5 Å². The van der Waals surface area contributed by atoms with Crippen LogP contribution in [0.15, 0.2) is 17.0 Å². The summed E-state index contributed by atoms with van der Waals surface area (Å²) < 4.78 is 23.4. The average Bonchev–Trinajstić information content (AvgIpc) is 2.11. The van der Waals surface area contributed by atoms with Crippen molar-refractivity contribution in [3.8, 4) is 5.75 Å². The van der Waals surface area contributed by atoms with E-state index in [4.69, 9.17) is 5.14 Å². The molecule has 0 amide bonds. The highest BCUT2D eigenvalue weighted by atomic mass is 32.2. The molecule has 5 heteroatoms. The van der Waals surface area contributed by atoms with Gasteiger partial charge in [-0.15, -0.1) is 0 Å². The summed E-state index contributed by atoms with van der Waals surface area (Å²) in [6.45, 7) is 11.7. The number of rotatable bonds is 1. The Morgan fingerprint density at radius 3 is 1.79 bits per heavy atom. The smallest absolute Gasteiger partial charge is 0.242 e. The minimum absolute atomic E-state index is 0.173. The topological polar surface area (TPSA) is 80.4 Å². The lowest BCUT2D eigenvalue weighted by Gasteiger charge is -2.27. The minimum Gasteiger partial charge on any atom is -0.507 e. The second-order valence-electron chi connectivity index (χ2n) is 6.92. The zero-order valence-corrected chi connectivity index (χ0v) is 13.2. The molecule has 0 saturated carbocycles. The van der Waals surface area contributed by atoms with E-state index in [-0.39, 0.29) is 16.1 Å². The maximum absolute atomic E-state index is 11.7. The van der Waals surface area contributed by atoms with E-state index in [9.17, 15) is 13.5 Å². The third kappa shape index (κ3) is 3.48. The fraction of sp³-hybridized carbons (Fsp3) is 0.571. The Morgan fingerprint density at radius 1 is 1.00 bits per heavy atom. The lowest BCUT2D eigenvalue weighted by atomic mass is 9.80. The molecule has 0 radical (unpaired) electrons. The Hall–Kier alpha value is -1.07. The fourth-order valence-electron chi connectivity index (χ4n) is 1.90. The van der Waals surface area contributed by atoms with Crippen LogP contribution in [0.4, 0.5) is 0 Å². The normalized spacial score (nSPS) is 13.6. The summed E-state index contributed by atoms with van der Waals surface area (Å²) in [4.78, 5) is -0.173. The molecule has 1 aromatic carbocycles. The number of nitrogens with two attached hydrogens (primary N) is 1. The van der Waals surface area contributed by atoms with Crippen LogP contribution in [0, 0.1) is 0 Å². The number of primary sulfonamides is 1. The molecule has 0 aliphatic rings. The van der Waals surface area contributed by atoms with E-state index in [1.807, 2.05) is 47.6 Å². The summed E-state index contributed by atoms with van der Waals surface area (Å²) in [7, 11) is -3.96. The second kappa shape index (κ2) is 4.49. The molecule has 0 bridgehead atoms. The highest BCUT2D eigenvalue weighted by Gasteiger charge is 2.29. The molecule has 1 rings (SSSR count). The summed E-state index contributed by atoms with van der Waals surface area (Å²) in [5, 5.41) is 15.3.